The summed E-state index contributed by atoms with van der Waals surface area (Å²) in [4.78, 5) is 0. The van der Waals surface area contributed by atoms with E-state index in [9.17, 15) is 0 Å². The van der Waals surface area contributed by atoms with E-state index in [0.717, 1.165) is 52.4 Å². The van der Waals surface area contributed by atoms with Gasteiger partial charge in [0.1, 0.15) is 0 Å². The van der Waals surface area contributed by atoms with Gasteiger partial charge in [-0.1, -0.05) is 0 Å². The van der Waals surface area contributed by atoms with Gasteiger partial charge in [0, 0.05) is 47.9 Å². The molecule has 0 atom stereocenters. The van der Waals surface area contributed by atoms with Crippen LogP contribution in [0.3, 0.4) is 0 Å². The molecule has 3 N–H and O–H groups in total. The van der Waals surface area contributed by atoms with E-state index in [1.54, 1.807) is 0 Å². The van der Waals surface area contributed by atoms with E-state index < -0.39 is 0 Å². The van der Waals surface area contributed by atoms with Crippen molar-refractivity contribution in [1.82, 2.24) is 16.0 Å². The van der Waals surface area contributed by atoms with Crippen LogP contribution in [-0.2, 0) is 21.7 Å². The summed E-state index contributed by atoms with van der Waals surface area (Å²) in [6, 6.07) is 0. The van der Waals surface area contributed by atoms with Gasteiger partial charge in [-0.25, -0.2) is 0 Å². The number of hydrogen-bond acceptors (Lipinski definition) is 3. The molecule has 1 saturated heterocycles. The van der Waals surface area contributed by atoms with Gasteiger partial charge in [-0.05, 0) is 13.1 Å². The van der Waals surface area contributed by atoms with Crippen LogP contribution in [0.2, 0.25) is 0 Å². The van der Waals surface area contributed by atoms with Crippen LogP contribution in [0.15, 0.2) is 0 Å². The number of hydrogen-bond donors (Lipinski definition) is 3. The standard InChI is InChI=1S/C8H19N4.4CH3.Ti/c1-2-10-5-6-12-8-7-11-4-3-9-1;;;;;/h9-11H,1-8H2;4*1H3;/q5*-1;. The van der Waals surface area contributed by atoms with Gasteiger partial charge in [-0.15, -0.1) is 13.1 Å². The fourth-order valence-corrected chi connectivity index (χ4v) is 1.16. The van der Waals surface area contributed by atoms with Crippen molar-refractivity contribution in [3.63, 3.8) is 0 Å². The maximum absolute atomic E-state index is 4.36. The zero-order valence-electron chi connectivity index (χ0n) is 12.1. The Hall–Kier alpha value is 0.554. The smallest absolute Gasteiger partial charge is 0.00772 e. The quantitative estimate of drug-likeness (QED) is 0.457. The van der Waals surface area contributed by atoms with Crippen LogP contribution in [0.5, 0.6) is 0 Å². The fourth-order valence-electron chi connectivity index (χ4n) is 1.16. The van der Waals surface area contributed by atoms with E-state index in [2.05, 4.69) is 21.3 Å². The second kappa shape index (κ2) is 25.4. The van der Waals surface area contributed by atoms with Crippen LogP contribution >= 0.6 is 0 Å². The van der Waals surface area contributed by atoms with Crippen molar-refractivity contribution in [3.8, 4) is 0 Å². The van der Waals surface area contributed by atoms with E-state index in [0.29, 0.717) is 0 Å². The topological polar surface area (TPSA) is 50.2 Å². The minimum Gasteiger partial charge on any atom is -0.660 e. The van der Waals surface area contributed by atoms with Crippen molar-refractivity contribution < 1.29 is 21.7 Å². The summed E-state index contributed by atoms with van der Waals surface area (Å²) in [5.74, 6) is 0. The molecule has 0 amide bonds. The van der Waals surface area contributed by atoms with Gasteiger partial charge < -0.3 is 51.0 Å². The summed E-state index contributed by atoms with van der Waals surface area (Å²) in [6.45, 7) is 8.14. The van der Waals surface area contributed by atoms with Gasteiger partial charge in [-0.2, -0.15) is 0 Å². The molecular formula is C12H31N4Ti-5. The Kier molecular flexibility index (Phi) is 45.6. The van der Waals surface area contributed by atoms with Gasteiger partial charge in [0.2, 0.25) is 0 Å². The molecular weight excluding hydrogens is 248 g/mol. The molecule has 1 fully saturated rings. The monoisotopic (exact) mass is 279 g/mol. The predicted molar refractivity (Wildman–Crippen MR) is 77.4 cm³/mol. The molecule has 0 aromatic carbocycles. The molecule has 0 unspecified atom stereocenters. The first kappa shape index (κ1) is 30.5. The Balaban J connectivity index is -0.0000000960. The van der Waals surface area contributed by atoms with Gasteiger partial charge >= 0.3 is 0 Å². The molecule has 0 aromatic heterocycles. The average Bonchev–Trinajstić information content (AvgIpc) is 2.05. The first-order valence-corrected chi connectivity index (χ1v) is 4.75. The summed E-state index contributed by atoms with van der Waals surface area (Å²) in [7, 11) is 0. The first-order valence-electron chi connectivity index (χ1n) is 4.75. The molecule has 17 heavy (non-hydrogen) atoms. The number of nitrogens with one attached hydrogen (secondary N) is 3. The number of rotatable bonds is 0. The van der Waals surface area contributed by atoms with Crippen molar-refractivity contribution in [2.75, 3.05) is 52.4 Å². The van der Waals surface area contributed by atoms with Crippen LogP contribution in [0.4, 0.5) is 0 Å². The third-order valence-corrected chi connectivity index (χ3v) is 1.85. The van der Waals surface area contributed by atoms with E-state index in [4.69, 9.17) is 0 Å². The molecule has 4 nitrogen and oxygen atoms in total. The average molecular weight is 279 g/mol. The Labute approximate surface area is 125 Å². The van der Waals surface area contributed by atoms with Crippen LogP contribution in [-0.4, -0.2) is 52.4 Å². The zero-order valence-corrected chi connectivity index (χ0v) is 13.7. The second-order valence-electron chi connectivity index (χ2n) is 2.92. The Morgan fingerprint density at radius 1 is 0.529 bits per heavy atom. The van der Waals surface area contributed by atoms with Crippen molar-refractivity contribution in [1.29, 1.82) is 0 Å². The van der Waals surface area contributed by atoms with Gasteiger partial charge in [0.15, 0.2) is 0 Å². The van der Waals surface area contributed by atoms with Gasteiger partial charge in [0.05, 0.1) is 0 Å². The summed E-state index contributed by atoms with van der Waals surface area (Å²) >= 11 is 0. The third kappa shape index (κ3) is 22.2. The molecule has 0 spiro atoms. The van der Waals surface area contributed by atoms with E-state index in [-0.39, 0.29) is 51.4 Å². The molecule has 0 aliphatic carbocycles. The molecule has 108 valence electrons. The molecule has 1 heterocycles. The maximum Gasteiger partial charge on any atom is 0.00772 e. The molecule has 1 aliphatic heterocycles. The predicted octanol–water partition coefficient (Wildman–Crippen LogP) is 0.941. The minimum absolute atomic E-state index is 0. The normalized spacial score (nSPS) is 16.9. The van der Waals surface area contributed by atoms with E-state index >= 15 is 0 Å². The fraction of sp³-hybridized carbons (Fsp3) is 0.667. The number of nitrogens with zero attached hydrogens (tertiary/aromatic N) is 1. The van der Waals surface area contributed by atoms with Crippen LogP contribution in [0.1, 0.15) is 0 Å². The Bertz CT molecular complexity index is 61.5. The SMILES string of the molecule is C1CNCCNCCNCC[N-]1.[CH3-].[CH3-].[CH3-].[CH3-].[Ti]. The second-order valence-corrected chi connectivity index (χ2v) is 2.92. The molecule has 0 saturated carbocycles. The summed E-state index contributed by atoms with van der Waals surface area (Å²) in [5, 5.41) is 14.4. The largest absolute Gasteiger partial charge is 0.660 e. The maximum atomic E-state index is 4.36. The van der Waals surface area contributed by atoms with Crippen molar-refractivity contribution >= 4 is 0 Å². The zero-order chi connectivity index (χ0) is 8.49. The summed E-state index contributed by atoms with van der Waals surface area (Å²) < 4.78 is 0. The summed E-state index contributed by atoms with van der Waals surface area (Å²) in [5.41, 5.74) is 0. The van der Waals surface area contributed by atoms with Crippen molar-refractivity contribution in [2.24, 2.45) is 0 Å². The molecule has 1 aliphatic rings. The van der Waals surface area contributed by atoms with E-state index in [1.807, 2.05) is 0 Å². The van der Waals surface area contributed by atoms with Crippen molar-refractivity contribution in [2.45, 2.75) is 0 Å². The van der Waals surface area contributed by atoms with E-state index in [1.165, 1.54) is 0 Å². The Morgan fingerprint density at radius 2 is 0.824 bits per heavy atom. The molecule has 1 rings (SSSR count). The summed E-state index contributed by atoms with van der Waals surface area (Å²) in [6.07, 6.45) is 0. The van der Waals surface area contributed by atoms with Gasteiger partial charge in [0.25, 0.3) is 0 Å². The molecule has 0 radical (unpaired) electrons. The third-order valence-electron chi connectivity index (χ3n) is 1.85. The van der Waals surface area contributed by atoms with Crippen LogP contribution in [0.25, 0.3) is 5.32 Å². The van der Waals surface area contributed by atoms with Crippen molar-refractivity contribution in [3.05, 3.63) is 35.0 Å². The minimum atomic E-state index is 0. The van der Waals surface area contributed by atoms with Crippen LogP contribution < -0.4 is 16.0 Å². The van der Waals surface area contributed by atoms with Gasteiger partial charge in [-0.3, -0.25) is 0 Å². The molecule has 5 heteroatoms. The molecule has 0 aromatic rings. The first-order chi connectivity index (χ1) is 6.00. The Morgan fingerprint density at radius 3 is 1.18 bits per heavy atom. The van der Waals surface area contributed by atoms with Crippen LogP contribution in [0, 0.1) is 29.7 Å². The molecule has 0 bridgehead atoms.